The second kappa shape index (κ2) is 21.6. The van der Waals surface area contributed by atoms with Gasteiger partial charge in [0.1, 0.15) is 13.2 Å². The summed E-state index contributed by atoms with van der Waals surface area (Å²) in [4.78, 5) is 21.9. The number of nitrogens with one attached hydrogen (secondary N) is 1. The highest BCUT2D eigenvalue weighted by Crippen LogP contribution is 2.43. The van der Waals surface area contributed by atoms with Crippen LogP contribution < -0.4 is 5.32 Å². The molecule has 0 radical (unpaired) electrons. The van der Waals surface area contributed by atoms with Gasteiger partial charge in [-0.15, -0.1) is 0 Å². The van der Waals surface area contributed by atoms with Crippen LogP contribution in [-0.4, -0.2) is 73.9 Å². The Kier molecular flexibility index (Phi) is 21.3. The Morgan fingerprint density at radius 1 is 0.829 bits per heavy atom. The van der Waals surface area contributed by atoms with E-state index in [1.54, 1.807) is 0 Å². The summed E-state index contributed by atoms with van der Waals surface area (Å²) < 4.78 is 22.4. The summed E-state index contributed by atoms with van der Waals surface area (Å²) >= 11 is 0. The zero-order valence-corrected chi connectivity index (χ0v) is 24.0. The van der Waals surface area contributed by atoms with Crippen LogP contribution in [-0.2, 0) is 18.4 Å². The Balaban J connectivity index is 3.68. The van der Waals surface area contributed by atoms with Crippen molar-refractivity contribution < 1.29 is 32.9 Å². The molecule has 1 amide bonds. The molecule has 2 atom stereocenters. The lowest BCUT2D eigenvalue weighted by Crippen LogP contribution is -2.40. The third-order valence-corrected chi connectivity index (χ3v) is 7.03. The maximum Gasteiger partial charge on any atom is 0.472 e. The Labute approximate surface area is 215 Å². The van der Waals surface area contributed by atoms with Crippen molar-refractivity contribution in [2.24, 2.45) is 0 Å². The van der Waals surface area contributed by atoms with Gasteiger partial charge in [-0.2, -0.15) is 0 Å². The van der Waals surface area contributed by atoms with E-state index >= 15 is 0 Å². The molecule has 0 saturated heterocycles. The zero-order chi connectivity index (χ0) is 26.4. The van der Waals surface area contributed by atoms with Crippen molar-refractivity contribution in [2.45, 2.75) is 116 Å². The van der Waals surface area contributed by atoms with E-state index in [-0.39, 0.29) is 25.7 Å². The molecule has 0 aliphatic carbocycles. The molecule has 210 valence electrons. The summed E-state index contributed by atoms with van der Waals surface area (Å²) in [5, 5.41) is 12.1. The minimum absolute atomic E-state index is 0.0760. The number of nitrogens with zero attached hydrogens (tertiary/aromatic N) is 1. The third-order valence-electron chi connectivity index (χ3n) is 6.05. The van der Waals surface area contributed by atoms with Crippen molar-refractivity contribution in [3.05, 3.63) is 0 Å². The Hall–Kier alpha value is -0.500. The first-order valence-corrected chi connectivity index (χ1v) is 15.4. The number of likely N-dealkylation sites (N-methyl/N-ethyl adjacent to an activating group) is 1. The molecule has 3 N–H and O–H groups in total. The molecule has 0 aromatic carbocycles. The van der Waals surface area contributed by atoms with E-state index in [1.807, 2.05) is 21.1 Å². The van der Waals surface area contributed by atoms with Crippen molar-refractivity contribution in [3.8, 4) is 0 Å². The van der Waals surface area contributed by atoms with Crippen molar-refractivity contribution in [1.82, 2.24) is 5.32 Å². The maximum absolute atomic E-state index is 12.1. The summed E-state index contributed by atoms with van der Waals surface area (Å²) in [5.74, 6) is -0.180. The fourth-order valence-corrected chi connectivity index (χ4v) is 4.50. The van der Waals surface area contributed by atoms with E-state index < -0.39 is 13.9 Å². The molecule has 0 fully saturated rings. The molecule has 0 heterocycles. The Bertz CT molecular complexity index is 556. The highest BCUT2D eigenvalue weighted by molar-refractivity contribution is 7.47. The molecule has 0 saturated carbocycles. The topological polar surface area (TPSA) is 105 Å². The van der Waals surface area contributed by atoms with Gasteiger partial charge in [-0.05, 0) is 6.42 Å². The number of rotatable bonds is 25. The Morgan fingerprint density at radius 2 is 1.29 bits per heavy atom. The van der Waals surface area contributed by atoms with Crippen LogP contribution >= 0.6 is 7.82 Å². The first-order chi connectivity index (χ1) is 16.6. The summed E-state index contributed by atoms with van der Waals surface area (Å²) in [6.07, 6.45) is 19.5. The second-order valence-electron chi connectivity index (χ2n) is 10.8. The number of quaternary nitrogens is 1. The van der Waals surface area contributed by atoms with Gasteiger partial charge in [0.05, 0.1) is 40.4 Å². The van der Waals surface area contributed by atoms with Gasteiger partial charge in [0.2, 0.25) is 5.91 Å². The maximum atomic E-state index is 12.1. The van der Waals surface area contributed by atoms with Gasteiger partial charge in [-0.25, -0.2) is 4.57 Å². The molecule has 0 aliphatic heterocycles. The predicted molar refractivity (Wildman–Crippen MR) is 143 cm³/mol. The molecule has 0 rings (SSSR count). The van der Waals surface area contributed by atoms with Gasteiger partial charge >= 0.3 is 7.82 Å². The average molecular weight is 524 g/mol. The van der Waals surface area contributed by atoms with Gasteiger partial charge in [0.15, 0.2) is 0 Å². The van der Waals surface area contributed by atoms with Crippen LogP contribution in [0.3, 0.4) is 0 Å². The van der Waals surface area contributed by atoms with Crippen LogP contribution in [0.5, 0.6) is 0 Å². The number of phosphoric ester groups is 1. The molecule has 0 spiro atoms. The normalized spacial score (nSPS) is 14.6. The first kappa shape index (κ1) is 34.5. The number of carbonyl (C=O) groups is 1. The number of unbranched alkanes of at least 4 members (excludes halogenated alkanes) is 14. The quantitative estimate of drug-likeness (QED) is 0.0821. The van der Waals surface area contributed by atoms with E-state index in [9.17, 15) is 19.4 Å². The predicted octanol–water partition coefficient (Wildman–Crippen LogP) is 5.56. The van der Waals surface area contributed by atoms with Crippen molar-refractivity contribution in [2.75, 3.05) is 47.5 Å². The number of hydrogen-bond acceptors (Lipinski definition) is 5. The standard InChI is InChI=1S/C26H55N2O6P/c1-5-6-7-8-9-10-11-12-13-14-15-16-17-18-19-20-26(30)27-25(23-29)24-34-35(31,32)33-22-21-28(2,3)4/h25,29H,5-24H2,1-4H3,(H-,27,30,31,32)/p+1/t25-/m1/s1. The van der Waals surface area contributed by atoms with Gasteiger partial charge in [-0.1, -0.05) is 96.8 Å². The van der Waals surface area contributed by atoms with E-state index in [4.69, 9.17) is 9.05 Å². The van der Waals surface area contributed by atoms with Gasteiger partial charge in [0.25, 0.3) is 0 Å². The molecular formula is C26H56N2O6P+. The minimum Gasteiger partial charge on any atom is -0.394 e. The van der Waals surface area contributed by atoms with E-state index in [0.717, 1.165) is 19.3 Å². The third kappa shape index (κ3) is 25.0. The number of hydrogen-bond donors (Lipinski definition) is 3. The van der Waals surface area contributed by atoms with Crippen LogP contribution in [0.15, 0.2) is 0 Å². The first-order valence-electron chi connectivity index (χ1n) is 13.9. The number of phosphoric acid groups is 1. The van der Waals surface area contributed by atoms with Crippen LogP contribution in [0.1, 0.15) is 110 Å². The number of aliphatic hydroxyl groups excluding tert-OH is 1. The monoisotopic (exact) mass is 523 g/mol. The van der Waals surface area contributed by atoms with Crippen LogP contribution in [0.4, 0.5) is 0 Å². The highest BCUT2D eigenvalue weighted by Gasteiger charge is 2.25. The lowest BCUT2D eigenvalue weighted by molar-refractivity contribution is -0.870. The molecule has 9 heteroatoms. The number of amides is 1. The smallest absolute Gasteiger partial charge is 0.394 e. The minimum atomic E-state index is -4.22. The average Bonchev–Trinajstić information content (AvgIpc) is 2.78. The number of carbonyl (C=O) groups excluding carboxylic acids is 1. The van der Waals surface area contributed by atoms with E-state index in [0.29, 0.717) is 17.4 Å². The fraction of sp³-hybridized carbons (Fsp3) is 0.962. The molecule has 0 aromatic rings. The molecule has 1 unspecified atom stereocenters. The SMILES string of the molecule is CCCCCCCCCCCCCCCCCC(=O)N[C@H](CO)COP(=O)(O)OCC[N+](C)(C)C. The lowest BCUT2D eigenvalue weighted by Gasteiger charge is -2.24. The molecule has 0 aliphatic rings. The summed E-state index contributed by atoms with van der Waals surface area (Å²) in [7, 11) is 1.63. The Morgan fingerprint density at radius 3 is 1.71 bits per heavy atom. The molecule has 8 nitrogen and oxygen atoms in total. The molecule has 35 heavy (non-hydrogen) atoms. The molecule has 0 aromatic heterocycles. The summed E-state index contributed by atoms with van der Waals surface area (Å²) in [6.45, 7) is 2.23. The highest BCUT2D eigenvalue weighted by atomic mass is 31.2. The van der Waals surface area contributed by atoms with Gasteiger partial charge in [0, 0.05) is 6.42 Å². The molecular weight excluding hydrogens is 467 g/mol. The van der Waals surface area contributed by atoms with Crippen LogP contribution in [0, 0.1) is 0 Å². The fourth-order valence-electron chi connectivity index (χ4n) is 3.75. The van der Waals surface area contributed by atoms with E-state index in [2.05, 4.69) is 12.2 Å². The number of aliphatic hydroxyl groups is 1. The van der Waals surface area contributed by atoms with Crippen molar-refractivity contribution in [3.63, 3.8) is 0 Å². The van der Waals surface area contributed by atoms with Crippen molar-refractivity contribution in [1.29, 1.82) is 0 Å². The zero-order valence-electron chi connectivity index (χ0n) is 23.1. The van der Waals surface area contributed by atoms with Crippen LogP contribution in [0.25, 0.3) is 0 Å². The lowest BCUT2D eigenvalue weighted by atomic mass is 10.0. The summed E-state index contributed by atoms with van der Waals surface area (Å²) in [5.41, 5.74) is 0. The molecule has 0 bridgehead atoms. The van der Waals surface area contributed by atoms with Gasteiger partial charge < -0.3 is 19.8 Å². The van der Waals surface area contributed by atoms with E-state index in [1.165, 1.54) is 77.0 Å². The largest absolute Gasteiger partial charge is 0.472 e. The second-order valence-corrected chi connectivity index (χ2v) is 12.2. The summed E-state index contributed by atoms with van der Waals surface area (Å²) in [6, 6.07) is -0.735. The van der Waals surface area contributed by atoms with Crippen LogP contribution in [0.2, 0.25) is 0 Å². The van der Waals surface area contributed by atoms with Crippen molar-refractivity contribution >= 4 is 13.7 Å². The van der Waals surface area contributed by atoms with Gasteiger partial charge in [-0.3, -0.25) is 13.8 Å².